The zero-order chi connectivity index (χ0) is 15.2. The summed E-state index contributed by atoms with van der Waals surface area (Å²) in [6.45, 7) is 3.27. The fourth-order valence-corrected chi connectivity index (χ4v) is 2.03. The minimum atomic E-state index is 0.528. The van der Waals surface area contributed by atoms with Crippen molar-refractivity contribution in [1.29, 1.82) is 0 Å². The highest BCUT2D eigenvalue weighted by atomic mass is 35.5. The van der Waals surface area contributed by atoms with E-state index >= 15 is 0 Å². The maximum atomic E-state index is 6.18. The summed E-state index contributed by atoms with van der Waals surface area (Å²) >= 11 is 6.18. The second-order valence-corrected chi connectivity index (χ2v) is 5.18. The van der Waals surface area contributed by atoms with Crippen LogP contribution >= 0.6 is 11.6 Å². The monoisotopic (exact) mass is 306 g/mol. The van der Waals surface area contributed by atoms with Gasteiger partial charge in [0.1, 0.15) is 0 Å². The number of halogens is 1. The van der Waals surface area contributed by atoms with E-state index in [-0.39, 0.29) is 0 Å². The van der Waals surface area contributed by atoms with Crippen molar-refractivity contribution in [3.8, 4) is 5.88 Å². The van der Waals surface area contributed by atoms with Gasteiger partial charge < -0.3 is 15.4 Å². The molecule has 0 saturated carbocycles. The molecule has 0 atom stereocenters. The second kappa shape index (κ2) is 7.13. The summed E-state index contributed by atoms with van der Waals surface area (Å²) in [5.41, 5.74) is 7.43. The summed E-state index contributed by atoms with van der Waals surface area (Å²) in [4.78, 5) is 10.5. The van der Waals surface area contributed by atoms with Crippen molar-refractivity contribution in [3.05, 3.63) is 41.2 Å². The van der Waals surface area contributed by atoms with E-state index in [9.17, 15) is 0 Å². The Bertz CT molecular complexity index is 606. The van der Waals surface area contributed by atoms with Crippen LogP contribution < -0.4 is 15.4 Å². The summed E-state index contributed by atoms with van der Waals surface area (Å²) in [6.07, 6.45) is 4.24. The first-order valence-corrected chi connectivity index (χ1v) is 7.18. The first kappa shape index (κ1) is 15.4. The molecule has 1 aromatic carbocycles. The van der Waals surface area contributed by atoms with E-state index in [0.717, 1.165) is 17.8 Å². The number of benzene rings is 1. The number of nitrogens with zero attached hydrogens (tertiary/aromatic N) is 3. The van der Waals surface area contributed by atoms with Gasteiger partial charge >= 0.3 is 0 Å². The van der Waals surface area contributed by atoms with Crippen LogP contribution in [-0.2, 0) is 6.54 Å². The Morgan fingerprint density at radius 3 is 2.90 bits per heavy atom. The quantitative estimate of drug-likeness (QED) is 0.831. The average molecular weight is 307 g/mol. The van der Waals surface area contributed by atoms with E-state index in [1.165, 1.54) is 0 Å². The molecule has 0 amide bonds. The van der Waals surface area contributed by atoms with Crippen molar-refractivity contribution in [2.75, 3.05) is 24.3 Å². The van der Waals surface area contributed by atoms with Crippen LogP contribution in [0.25, 0.3) is 0 Å². The smallest absolute Gasteiger partial charge is 0.234 e. The molecule has 1 aromatic heterocycles. The lowest BCUT2D eigenvalue weighted by molar-refractivity contribution is 0.304. The van der Waals surface area contributed by atoms with Crippen molar-refractivity contribution < 1.29 is 4.74 Å². The maximum Gasteiger partial charge on any atom is 0.234 e. The van der Waals surface area contributed by atoms with Gasteiger partial charge in [0.05, 0.1) is 19.0 Å². The van der Waals surface area contributed by atoms with Gasteiger partial charge in [-0.25, -0.2) is 0 Å². The van der Waals surface area contributed by atoms with Crippen LogP contribution in [0.15, 0.2) is 30.6 Å². The fourth-order valence-electron chi connectivity index (χ4n) is 1.85. The molecule has 6 heteroatoms. The Morgan fingerprint density at radius 1 is 1.33 bits per heavy atom. The van der Waals surface area contributed by atoms with Crippen molar-refractivity contribution in [2.24, 2.45) is 0 Å². The molecule has 0 spiro atoms. The topological polar surface area (TPSA) is 64.3 Å². The Morgan fingerprint density at radius 2 is 2.14 bits per heavy atom. The van der Waals surface area contributed by atoms with E-state index in [2.05, 4.69) is 9.97 Å². The lowest BCUT2D eigenvalue weighted by Crippen LogP contribution is -2.18. The van der Waals surface area contributed by atoms with Gasteiger partial charge in [-0.15, -0.1) is 0 Å². The molecule has 0 aliphatic rings. The second-order valence-electron chi connectivity index (χ2n) is 4.77. The van der Waals surface area contributed by atoms with Crippen LogP contribution in [0.2, 0.25) is 5.02 Å². The highest BCUT2D eigenvalue weighted by Gasteiger charge is 2.09. The molecule has 112 valence electrons. The number of rotatable bonds is 6. The SMILES string of the molecule is CCCOc1cncc(N(C)Cc2cc(N)ccc2Cl)n1. The molecule has 2 N–H and O–H groups in total. The van der Waals surface area contributed by atoms with Gasteiger partial charge in [-0.05, 0) is 30.2 Å². The van der Waals surface area contributed by atoms with E-state index in [4.69, 9.17) is 22.1 Å². The predicted octanol–water partition coefficient (Wildman–Crippen LogP) is 3.14. The Balaban J connectivity index is 2.12. The standard InChI is InChI=1S/C15H19ClN4O/c1-3-6-21-15-9-18-8-14(19-15)20(2)10-11-7-12(17)4-5-13(11)16/h4-5,7-9H,3,6,10,17H2,1-2H3. The molecule has 0 aliphatic heterocycles. The van der Waals surface area contributed by atoms with Gasteiger partial charge in [0.2, 0.25) is 5.88 Å². The third-order valence-corrected chi connectivity index (χ3v) is 3.29. The van der Waals surface area contributed by atoms with E-state index in [1.54, 1.807) is 24.5 Å². The summed E-state index contributed by atoms with van der Waals surface area (Å²) in [6, 6.07) is 5.45. The minimum Gasteiger partial charge on any atom is -0.477 e. The zero-order valence-electron chi connectivity index (χ0n) is 12.2. The van der Waals surface area contributed by atoms with Crippen molar-refractivity contribution in [2.45, 2.75) is 19.9 Å². The number of nitrogens with two attached hydrogens (primary N) is 1. The molecule has 0 radical (unpaired) electrons. The predicted molar refractivity (Wildman–Crippen MR) is 85.8 cm³/mol. The molecule has 0 fully saturated rings. The largest absolute Gasteiger partial charge is 0.477 e. The molecule has 1 heterocycles. The third-order valence-electron chi connectivity index (χ3n) is 2.92. The third kappa shape index (κ3) is 4.23. The van der Waals surface area contributed by atoms with E-state index in [0.29, 0.717) is 29.7 Å². The number of aromatic nitrogens is 2. The van der Waals surface area contributed by atoms with E-state index < -0.39 is 0 Å². The fraction of sp³-hybridized carbons (Fsp3) is 0.333. The first-order valence-electron chi connectivity index (χ1n) is 6.80. The summed E-state index contributed by atoms with van der Waals surface area (Å²) in [5.74, 6) is 1.25. The van der Waals surface area contributed by atoms with Gasteiger partial charge in [-0.2, -0.15) is 4.98 Å². The molecule has 0 unspecified atom stereocenters. The van der Waals surface area contributed by atoms with Crippen LogP contribution in [-0.4, -0.2) is 23.6 Å². The lowest BCUT2D eigenvalue weighted by Gasteiger charge is -2.19. The maximum absolute atomic E-state index is 6.18. The summed E-state index contributed by atoms with van der Waals surface area (Å²) in [5, 5.41) is 0.683. The van der Waals surface area contributed by atoms with Crippen LogP contribution in [0.3, 0.4) is 0 Å². The van der Waals surface area contributed by atoms with Crippen molar-refractivity contribution >= 4 is 23.1 Å². The molecule has 21 heavy (non-hydrogen) atoms. The molecular weight excluding hydrogens is 288 g/mol. The Labute approximate surface area is 129 Å². The van der Waals surface area contributed by atoms with Crippen molar-refractivity contribution in [1.82, 2.24) is 9.97 Å². The van der Waals surface area contributed by atoms with Gasteiger partial charge in [-0.3, -0.25) is 4.98 Å². The first-order chi connectivity index (χ1) is 10.1. The highest BCUT2D eigenvalue weighted by Crippen LogP contribution is 2.22. The highest BCUT2D eigenvalue weighted by molar-refractivity contribution is 6.31. The van der Waals surface area contributed by atoms with E-state index in [1.807, 2.05) is 24.9 Å². The molecule has 5 nitrogen and oxygen atoms in total. The number of hydrogen-bond donors (Lipinski definition) is 1. The number of nitrogen functional groups attached to an aromatic ring is 1. The summed E-state index contributed by atoms with van der Waals surface area (Å²) in [7, 11) is 1.92. The number of hydrogen-bond acceptors (Lipinski definition) is 5. The van der Waals surface area contributed by atoms with Gasteiger partial charge in [-0.1, -0.05) is 18.5 Å². The Kier molecular flexibility index (Phi) is 5.22. The van der Waals surface area contributed by atoms with Crippen LogP contribution in [0.5, 0.6) is 5.88 Å². The van der Waals surface area contributed by atoms with Crippen LogP contribution in [0.1, 0.15) is 18.9 Å². The van der Waals surface area contributed by atoms with Crippen molar-refractivity contribution in [3.63, 3.8) is 0 Å². The zero-order valence-corrected chi connectivity index (χ0v) is 13.0. The molecule has 0 bridgehead atoms. The Hall–Kier alpha value is -2.01. The average Bonchev–Trinajstić information content (AvgIpc) is 2.49. The van der Waals surface area contributed by atoms with Gasteiger partial charge in [0.25, 0.3) is 0 Å². The normalized spacial score (nSPS) is 10.4. The molecule has 2 aromatic rings. The molecular formula is C15H19ClN4O. The lowest BCUT2D eigenvalue weighted by atomic mass is 10.2. The van der Waals surface area contributed by atoms with Gasteiger partial charge in [0.15, 0.2) is 5.82 Å². The molecule has 0 aliphatic carbocycles. The number of ether oxygens (including phenoxy) is 1. The summed E-state index contributed by atoms with van der Waals surface area (Å²) < 4.78 is 5.49. The number of anilines is 2. The van der Waals surface area contributed by atoms with Crippen LogP contribution in [0, 0.1) is 0 Å². The minimum absolute atomic E-state index is 0.528. The van der Waals surface area contributed by atoms with Gasteiger partial charge in [0, 0.05) is 24.3 Å². The van der Waals surface area contributed by atoms with Crippen LogP contribution in [0.4, 0.5) is 11.5 Å². The molecule has 2 rings (SSSR count). The molecule has 0 saturated heterocycles.